The molecule has 1 rings (SSSR count). The van der Waals surface area contributed by atoms with Crippen LogP contribution in [0.3, 0.4) is 0 Å². The molecule has 0 saturated carbocycles. The Morgan fingerprint density at radius 2 is 1.08 bits per heavy atom. The Hall–Kier alpha value is -5.54. The number of hydrogen-bond donors (Lipinski definition) is 11. The third-order valence-corrected chi connectivity index (χ3v) is 10.3. The molecule has 7 atom stereocenters. The van der Waals surface area contributed by atoms with Crippen LogP contribution >= 0.6 is 0 Å². The molecular weight excluding hydrogens is 821 g/mol. The molecule has 0 spiro atoms. The lowest BCUT2D eigenvalue weighted by Crippen LogP contribution is -2.60. The van der Waals surface area contributed by atoms with Gasteiger partial charge in [-0.05, 0) is 61.7 Å². The summed E-state index contributed by atoms with van der Waals surface area (Å²) in [5.74, 6) is -8.27. The number of guanidine groups is 1. The summed E-state index contributed by atoms with van der Waals surface area (Å²) in [5.41, 5.74) is 16.7. The summed E-state index contributed by atoms with van der Waals surface area (Å²) in [6, 6.07) is -7.45. The fourth-order valence-corrected chi connectivity index (χ4v) is 6.71. The Morgan fingerprint density at radius 1 is 0.635 bits per heavy atom. The monoisotopic (exact) mass is 895 g/mol. The normalized spacial score (nSPS) is 16.6. The minimum Gasteiger partial charge on any atom is -0.480 e. The number of carbonyl (C=O) groups is 9. The van der Waals surface area contributed by atoms with Crippen molar-refractivity contribution in [2.24, 2.45) is 51.8 Å². The smallest absolute Gasteiger partial charge is 0.326 e. The van der Waals surface area contributed by atoms with Crippen molar-refractivity contribution >= 4 is 59.2 Å². The quantitative estimate of drug-likeness (QED) is 0.0249. The molecule has 0 aromatic carbocycles. The van der Waals surface area contributed by atoms with Crippen LogP contribution in [0.25, 0.3) is 0 Å². The largest absolute Gasteiger partial charge is 0.480 e. The molecule has 1 aliphatic rings. The second-order valence-electron chi connectivity index (χ2n) is 17.7. The molecule has 0 aliphatic carbocycles. The van der Waals surface area contributed by atoms with Crippen molar-refractivity contribution in [2.75, 3.05) is 26.2 Å². The topological polar surface area (TPSA) is 352 Å². The van der Waals surface area contributed by atoms with Gasteiger partial charge in [-0.25, -0.2) is 4.79 Å². The highest BCUT2D eigenvalue weighted by atomic mass is 16.4. The van der Waals surface area contributed by atoms with Gasteiger partial charge in [0, 0.05) is 13.1 Å². The summed E-state index contributed by atoms with van der Waals surface area (Å²) in [6.07, 6.45) is 1.68. The maximum absolute atomic E-state index is 13.7. The third-order valence-electron chi connectivity index (χ3n) is 10.3. The summed E-state index contributed by atoms with van der Waals surface area (Å²) >= 11 is 0. The van der Waals surface area contributed by atoms with Crippen LogP contribution in [0.4, 0.5) is 0 Å². The molecule has 1 aliphatic heterocycles. The van der Waals surface area contributed by atoms with Gasteiger partial charge in [0.25, 0.3) is 0 Å². The zero-order valence-corrected chi connectivity index (χ0v) is 38.5. The van der Waals surface area contributed by atoms with E-state index < -0.39 is 126 Å². The number of carboxylic acids is 1. The first kappa shape index (κ1) is 55.5. The van der Waals surface area contributed by atoms with Crippen molar-refractivity contribution in [3.05, 3.63) is 0 Å². The highest BCUT2D eigenvalue weighted by Crippen LogP contribution is 2.17. The lowest BCUT2D eigenvalue weighted by atomic mass is 9.98. The number of nitrogens with one attached hydrogen (secondary N) is 7. The number of likely N-dealkylation sites (tertiary alicyclic amines) is 1. The Morgan fingerprint density at radius 3 is 1.52 bits per heavy atom. The Kier molecular flexibility index (Phi) is 23.6. The standard InChI is InChI=1S/C41H74N12O10/c1-20(2)17-26(35(57)50-33(24(9)10)39(61)52-31(22(5)6)37(59)47-19-29(55)53-16-12-14-27(53)40(62)63)48-28(54)18-46-36(58)30(21(3)4)51-38(60)32(23(7)8)49-34(56)25(42)13-11-15-45-41(43)44/h20-27,30-33H,11-19,42H2,1-10H3,(H,46,58)(H,47,59)(H,48,54)(H,49,56)(H,50,57)(H,51,60)(H,52,61)(H,62,63)(H4,43,44,45)/t25-,26-,27-,30-,31-,32-,33-/m0/s1. The number of aliphatic carboxylic acids is 1. The number of nitrogens with zero attached hydrogens (tertiary/aromatic N) is 2. The number of aliphatic imine (C=N–C) groups is 1. The summed E-state index contributed by atoms with van der Waals surface area (Å²) < 4.78 is 0. The Labute approximate surface area is 370 Å². The maximum Gasteiger partial charge on any atom is 0.326 e. The molecular formula is C41H74N12O10. The van der Waals surface area contributed by atoms with E-state index in [0.29, 0.717) is 19.3 Å². The lowest BCUT2D eigenvalue weighted by molar-refractivity contribution is -0.148. The summed E-state index contributed by atoms with van der Waals surface area (Å²) in [5, 5.41) is 27.7. The number of carbonyl (C=O) groups excluding carboxylic acids is 8. The first-order chi connectivity index (χ1) is 29.3. The van der Waals surface area contributed by atoms with E-state index in [9.17, 15) is 48.3 Å². The number of hydrogen-bond acceptors (Lipinski definition) is 11. The van der Waals surface area contributed by atoms with Crippen molar-refractivity contribution in [3.8, 4) is 0 Å². The van der Waals surface area contributed by atoms with Crippen LogP contribution in [0, 0.1) is 29.6 Å². The SMILES string of the molecule is CC(C)C[C@H](NC(=O)CNC(=O)[C@@H](NC(=O)[C@@H](NC(=O)[C@@H](N)CCCN=C(N)N)C(C)C)C(C)C)C(=O)N[C@H](C(=O)N[C@H](C(=O)NCC(=O)N1CCC[C@H]1C(=O)O)C(C)C)C(C)C. The first-order valence-electron chi connectivity index (χ1n) is 21.7. The van der Waals surface area contributed by atoms with Gasteiger partial charge in [-0.2, -0.15) is 0 Å². The maximum atomic E-state index is 13.7. The summed E-state index contributed by atoms with van der Waals surface area (Å²) in [6.45, 7) is 16.7. The first-order valence-corrected chi connectivity index (χ1v) is 21.7. The van der Waals surface area contributed by atoms with Gasteiger partial charge in [0.2, 0.25) is 47.3 Å². The predicted molar refractivity (Wildman–Crippen MR) is 235 cm³/mol. The zero-order valence-electron chi connectivity index (χ0n) is 38.5. The average Bonchev–Trinajstić information content (AvgIpc) is 3.69. The number of carboxylic acid groups (broad SMARTS) is 1. The number of nitrogens with two attached hydrogens (primary N) is 3. The summed E-state index contributed by atoms with van der Waals surface area (Å²) in [7, 11) is 0. The summed E-state index contributed by atoms with van der Waals surface area (Å²) in [4.78, 5) is 123. The van der Waals surface area contributed by atoms with Gasteiger partial charge in [0.05, 0.1) is 19.1 Å². The molecule has 0 aromatic heterocycles. The van der Waals surface area contributed by atoms with Gasteiger partial charge in [-0.1, -0.05) is 69.2 Å². The van der Waals surface area contributed by atoms with Crippen LogP contribution in [-0.2, 0) is 43.2 Å². The molecule has 8 amide bonds. The average molecular weight is 895 g/mol. The molecule has 22 nitrogen and oxygen atoms in total. The van der Waals surface area contributed by atoms with E-state index in [0.717, 1.165) is 0 Å². The van der Waals surface area contributed by atoms with E-state index in [2.05, 4.69) is 42.2 Å². The second-order valence-corrected chi connectivity index (χ2v) is 17.7. The Bertz CT molecular complexity index is 1630. The molecule has 358 valence electrons. The van der Waals surface area contributed by atoms with Crippen LogP contribution < -0.4 is 54.4 Å². The Balaban J connectivity index is 2.96. The van der Waals surface area contributed by atoms with Crippen LogP contribution in [0.2, 0.25) is 0 Å². The fourth-order valence-electron chi connectivity index (χ4n) is 6.71. The molecule has 0 bridgehead atoms. The fraction of sp³-hybridized carbons (Fsp3) is 0.756. The highest BCUT2D eigenvalue weighted by Gasteiger charge is 2.36. The lowest BCUT2D eigenvalue weighted by Gasteiger charge is -2.29. The van der Waals surface area contributed by atoms with Crippen LogP contribution in [0.1, 0.15) is 101 Å². The molecule has 0 aromatic rings. The van der Waals surface area contributed by atoms with Gasteiger partial charge in [0.1, 0.15) is 36.3 Å². The van der Waals surface area contributed by atoms with E-state index in [1.165, 1.54) is 4.90 Å². The van der Waals surface area contributed by atoms with E-state index in [4.69, 9.17) is 17.2 Å². The number of amides is 8. The van der Waals surface area contributed by atoms with Gasteiger partial charge in [-0.3, -0.25) is 43.3 Å². The molecule has 63 heavy (non-hydrogen) atoms. The minimum atomic E-state index is -1.15. The van der Waals surface area contributed by atoms with Crippen molar-refractivity contribution in [3.63, 3.8) is 0 Å². The minimum absolute atomic E-state index is 0.0828. The van der Waals surface area contributed by atoms with E-state index in [1.54, 1.807) is 55.4 Å². The van der Waals surface area contributed by atoms with E-state index >= 15 is 0 Å². The molecule has 14 N–H and O–H groups in total. The van der Waals surface area contributed by atoms with Gasteiger partial charge in [-0.15, -0.1) is 0 Å². The molecule has 1 fully saturated rings. The second kappa shape index (κ2) is 26.8. The van der Waals surface area contributed by atoms with E-state index in [1.807, 2.05) is 13.8 Å². The zero-order chi connectivity index (χ0) is 48.3. The van der Waals surface area contributed by atoms with Crippen molar-refractivity contribution in [2.45, 2.75) is 144 Å². The van der Waals surface area contributed by atoms with Gasteiger partial charge >= 0.3 is 5.97 Å². The van der Waals surface area contributed by atoms with Crippen molar-refractivity contribution < 1.29 is 48.3 Å². The van der Waals surface area contributed by atoms with E-state index in [-0.39, 0.29) is 43.7 Å². The van der Waals surface area contributed by atoms with Crippen molar-refractivity contribution in [1.82, 2.24) is 42.1 Å². The third kappa shape index (κ3) is 19.2. The molecule has 0 unspecified atom stereocenters. The van der Waals surface area contributed by atoms with Crippen LogP contribution in [-0.4, -0.2) is 138 Å². The van der Waals surface area contributed by atoms with Crippen molar-refractivity contribution in [1.29, 1.82) is 0 Å². The molecule has 1 heterocycles. The molecule has 22 heteroatoms. The van der Waals surface area contributed by atoms with Gasteiger partial charge < -0.3 is 64.4 Å². The molecule has 0 radical (unpaired) electrons. The van der Waals surface area contributed by atoms with Crippen LogP contribution in [0.5, 0.6) is 0 Å². The number of rotatable bonds is 26. The molecule has 1 saturated heterocycles. The predicted octanol–water partition coefficient (Wildman–Crippen LogP) is -2.23. The van der Waals surface area contributed by atoms with Gasteiger partial charge in [0.15, 0.2) is 5.96 Å². The highest BCUT2D eigenvalue weighted by molar-refractivity contribution is 5.97. The van der Waals surface area contributed by atoms with Crippen LogP contribution in [0.15, 0.2) is 4.99 Å².